The maximum Gasteiger partial charge on any atom is 0.205 e. The molecule has 1 N–H and O–H groups in total. The van der Waals surface area contributed by atoms with E-state index in [0.717, 1.165) is 45.2 Å². The quantitative estimate of drug-likeness (QED) is 0.783. The van der Waals surface area contributed by atoms with Crippen LogP contribution < -0.4 is 4.90 Å². The van der Waals surface area contributed by atoms with Crippen molar-refractivity contribution in [1.29, 1.82) is 0 Å². The molecule has 1 aliphatic rings. The molecule has 5 nitrogen and oxygen atoms in total. The first-order valence-electron chi connectivity index (χ1n) is 5.94. The minimum Gasteiger partial charge on any atom is -0.395 e. The number of nitrogens with zero attached hydrogens (tertiary/aromatic N) is 4. The van der Waals surface area contributed by atoms with Crippen LogP contribution in [0, 0.1) is 0 Å². The molecular weight excluding hydrogens is 204 g/mol. The molecule has 0 bridgehead atoms. The zero-order valence-corrected chi connectivity index (χ0v) is 9.84. The summed E-state index contributed by atoms with van der Waals surface area (Å²) in [7, 11) is 0. The number of piperazine rings is 1. The number of aliphatic hydroxyl groups excluding tert-OH is 1. The molecule has 1 aromatic rings. The lowest BCUT2D eigenvalue weighted by atomic mass is 10.3. The molecule has 1 aliphatic heterocycles. The van der Waals surface area contributed by atoms with Crippen molar-refractivity contribution < 1.29 is 5.11 Å². The molecule has 0 amide bonds. The highest BCUT2D eigenvalue weighted by molar-refractivity contribution is 5.32. The van der Waals surface area contributed by atoms with E-state index in [2.05, 4.69) is 26.3 Å². The van der Waals surface area contributed by atoms with E-state index < -0.39 is 0 Å². The predicted octanol–water partition coefficient (Wildman–Crippen LogP) is 0.0173. The van der Waals surface area contributed by atoms with Gasteiger partial charge in [-0.15, -0.1) is 0 Å². The standard InChI is InChI=1S/C11H20N4O/c1-2-14-4-3-12-11(14)15-7-5-13(6-8-15)9-10-16/h3-4,16H,2,5-10H2,1H3. The lowest BCUT2D eigenvalue weighted by molar-refractivity contribution is 0.188. The van der Waals surface area contributed by atoms with Gasteiger partial charge in [0.15, 0.2) is 0 Å². The van der Waals surface area contributed by atoms with Crippen molar-refractivity contribution in [3.8, 4) is 0 Å². The highest BCUT2D eigenvalue weighted by atomic mass is 16.3. The predicted molar refractivity (Wildman–Crippen MR) is 63.6 cm³/mol. The molecule has 0 radical (unpaired) electrons. The Bertz CT molecular complexity index is 318. The number of imidazole rings is 1. The number of β-amino-alcohol motifs (C(OH)–C–C–N with tert-alkyl or cyclic N) is 1. The van der Waals surface area contributed by atoms with Crippen LogP contribution in [0.3, 0.4) is 0 Å². The first-order valence-corrected chi connectivity index (χ1v) is 5.94. The second-order valence-electron chi connectivity index (χ2n) is 4.07. The summed E-state index contributed by atoms with van der Waals surface area (Å²) in [5, 5.41) is 8.88. The van der Waals surface area contributed by atoms with Crippen LogP contribution in [0.1, 0.15) is 6.92 Å². The first-order chi connectivity index (χ1) is 7.85. The topological polar surface area (TPSA) is 44.5 Å². The molecule has 5 heteroatoms. The molecule has 0 atom stereocenters. The Hall–Kier alpha value is -1.07. The van der Waals surface area contributed by atoms with Crippen molar-refractivity contribution >= 4 is 5.95 Å². The highest BCUT2D eigenvalue weighted by Gasteiger charge is 2.19. The van der Waals surface area contributed by atoms with Gasteiger partial charge in [-0.3, -0.25) is 4.90 Å². The minimum atomic E-state index is 0.254. The fourth-order valence-corrected chi connectivity index (χ4v) is 2.14. The molecule has 16 heavy (non-hydrogen) atoms. The van der Waals surface area contributed by atoms with Gasteiger partial charge >= 0.3 is 0 Å². The maximum absolute atomic E-state index is 8.88. The van der Waals surface area contributed by atoms with E-state index >= 15 is 0 Å². The van der Waals surface area contributed by atoms with Gasteiger partial charge in [0.1, 0.15) is 0 Å². The molecule has 0 saturated carbocycles. The van der Waals surface area contributed by atoms with Crippen molar-refractivity contribution in [2.45, 2.75) is 13.5 Å². The highest BCUT2D eigenvalue weighted by Crippen LogP contribution is 2.13. The van der Waals surface area contributed by atoms with Gasteiger partial charge in [-0.2, -0.15) is 0 Å². The first kappa shape index (κ1) is 11.4. The van der Waals surface area contributed by atoms with Crippen LogP contribution in [-0.2, 0) is 6.54 Å². The fraction of sp³-hybridized carbons (Fsp3) is 0.727. The van der Waals surface area contributed by atoms with Crippen molar-refractivity contribution in [3.05, 3.63) is 12.4 Å². The molecule has 2 rings (SSSR count). The van der Waals surface area contributed by atoms with E-state index in [9.17, 15) is 0 Å². The monoisotopic (exact) mass is 224 g/mol. The Morgan fingerprint density at radius 2 is 2.06 bits per heavy atom. The zero-order valence-electron chi connectivity index (χ0n) is 9.84. The smallest absolute Gasteiger partial charge is 0.205 e. The number of aryl methyl sites for hydroxylation is 1. The normalized spacial score (nSPS) is 18.0. The van der Waals surface area contributed by atoms with Crippen LogP contribution in [0.25, 0.3) is 0 Å². The summed E-state index contributed by atoms with van der Waals surface area (Å²) in [5.41, 5.74) is 0. The van der Waals surface area contributed by atoms with E-state index in [4.69, 9.17) is 5.11 Å². The Labute approximate surface area is 96.3 Å². The summed E-state index contributed by atoms with van der Waals surface area (Å²) in [5.74, 6) is 1.08. The molecular formula is C11H20N4O. The largest absolute Gasteiger partial charge is 0.395 e. The third kappa shape index (κ3) is 2.36. The third-order valence-corrected chi connectivity index (χ3v) is 3.11. The van der Waals surface area contributed by atoms with Crippen molar-refractivity contribution in [3.63, 3.8) is 0 Å². The average molecular weight is 224 g/mol. The number of hydrogen-bond donors (Lipinski definition) is 1. The minimum absolute atomic E-state index is 0.254. The van der Waals surface area contributed by atoms with Gasteiger partial charge in [0.25, 0.3) is 0 Å². The third-order valence-electron chi connectivity index (χ3n) is 3.11. The second-order valence-corrected chi connectivity index (χ2v) is 4.07. The average Bonchev–Trinajstić information content (AvgIpc) is 2.78. The van der Waals surface area contributed by atoms with Gasteiger partial charge < -0.3 is 14.6 Å². The van der Waals surface area contributed by atoms with Gasteiger partial charge in [0.2, 0.25) is 5.95 Å². The number of aromatic nitrogens is 2. The van der Waals surface area contributed by atoms with Crippen LogP contribution in [-0.4, -0.2) is 58.9 Å². The maximum atomic E-state index is 8.88. The molecule has 1 fully saturated rings. The molecule has 1 saturated heterocycles. The number of rotatable bonds is 4. The van der Waals surface area contributed by atoms with E-state index in [0.29, 0.717) is 0 Å². The van der Waals surface area contributed by atoms with E-state index in [-0.39, 0.29) is 6.61 Å². The summed E-state index contributed by atoms with van der Waals surface area (Å²) in [6, 6.07) is 0. The van der Waals surface area contributed by atoms with Crippen LogP contribution in [0.4, 0.5) is 5.95 Å². The molecule has 0 unspecified atom stereocenters. The Morgan fingerprint density at radius 3 is 2.69 bits per heavy atom. The molecule has 1 aromatic heterocycles. The van der Waals surface area contributed by atoms with E-state index in [1.54, 1.807) is 0 Å². The van der Waals surface area contributed by atoms with Gasteiger partial charge in [-0.05, 0) is 6.92 Å². The summed E-state index contributed by atoms with van der Waals surface area (Å²) in [4.78, 5) is 9.01. The van der Waals surface area contributed by atoms with E-state index in [1.807, 2.05) is 12.4 Å². The van der Waals surface area contributed by atoms with Crippen molar-refractivity contribution in [2.24, 2.45) is 0 Å². The van der Waals surface area contributed by atoms with Gasteiger partial charge in [-0.1, -0.05) is 0 Å². The molecule has 0 spiro atoms. The number of hydrogen-bond acceptors (Lipinski definition) is 4. The molecule has 90 valence electrons. The molecule has 0 aromatic carbocycles. The molecule has 0 aliphatic carbocycles. The lowest BCUT2D eigenvalue weighted by Crippen LogP contribution is -2.48. The summed E-state index contributed by atoms with van der Waals surface area (Å²) in [6.07, 6.45) is 3.88. The van der Waals surface area contributed by atoms with E-state index in [1.165, 1.54) is 0 Å². The molecule has 2 heterocycles. The summed E-state index contributed by atoms with van der Waals surface area (Å²) < 4.78 is 2.17. The van der Waals surface area contributed by atoms with Crippen LogP contribution in [0.5, 0.6) is 0 Å². The lowest BCUT2D eigenvalue weighted by Gasteiger charge is -2.35. The Morgan fingerprint density at radius 1 is 1.31 bits per heavy atom. The van der Waals surface area contributed by atoms with Crippen molar-refractivity contribution in [1.82, 2.24) is 14.5 Å². The van der Waals surface area contributed by atoms with Crippen LogP contribution >= 0.6 is 0 Å². The number of anilines is 1. The van der Waals surface area contributed by atoms with Gasteiger partial charge in [0.05, 0.1) is 6.61 Å². The van der Waals surface area contributed by atoms with Gasteiger partial charge in [0, 0.05) is 51.7 Å². The Kier molecular flexibility index (Phi) is 3.79. The Balaban J connectivity index is 1.93. The fourth-order valence-electron chi connectivity index (χ4n) is 2.14. The summed E-state index contributed by atoms with van der Waals surface area (Å²) in [6.45, 7) is 8.15. The zero-order chi connectivity index (χ0) is 11.4. The second kappa shape index (κ2) is 5.32. The SMILES string of the molecule is CCn1ccnc1N1CCN(CCO)CC1. The summed E-state index contributed by atoms with van der Waals surface area (Å²) >= 11 is 0. The van der Waals surface area contributed by atoms with Crippen molar-refractivity contribution in [2.75, 3.05) is 44.2 Å². The van der Waals surface area contributed by atoms with Gasteiger partial charge in [-0.25, -0.2) is 4.98 Å². The van der Waals surface area contributed by atoms with Crippen LogP contribution in [0.2, 0.25) is 0 Å². The van der Waals surface area contributed by atoms with Crippen LogP contribution in [0.15, 0.2) is 12.4 Å². The number of aliphatic hydroxyl groups is 1.